The van der Waals surface area contributed by atoms with Crippen molar-refractivity contribution in [2.75, 3.05) is 98.2 Å². The average Bonchev–Trinajstić information content (AvgIpc) is 2.79. The molecule has 0 radical (unpaired) electrons. The van der Waals surface area contributed by atoms with E-state index < -0.39 is 87.6 Å². The number of hydrogen-bond donors (Lipinski definition) is 0. The third-order valence-corrected chi connectivity index (χ3v) is 5.40. The van der Waals surface area contributed by atoms with Gasteiger partial charge < -0.3 is 69.3 Å². The van der Waals surface area contributed by atoms with Gasteiger partial charge in [-0.3, -0.25) is 24.5 Å². The van der Waals surface area contributed by atoms with Gasteiger partial charge in [0.05, 0.1) is 41.8 Å². The SMILES string of the molecule is O=C([O-])CN(CCN(CCN(CC(=O)[O-])CC(=O)[O-])CC(=O)[O-])CCN(CCN(CC(=O)[O-])CC(=O)[O-])CC(=O)[O-].[Na+].[Na+].[Na+].[Na+].[Na+].[Na+].[Na+]. The monoisotopic (exact) mass is 749 g/mol. The van der Waals surface area contributed by atoms with Crippen LogP contribution in [0.1, 0.15) is 0 Å². The Bertz CT molecular complexity index is 850. The van der Waals surface area contributed by atoms with Crippen LogP contribution in [0.25, 0.3) is 0 Å². The molecule has 48 heavy (non-hydrogen) atoms. The van der Waals surface area contributed by atoms with Crippen LogP contribution in [-0.2, 0) is 33.6 Å². The van der Waals surface area contributed by atoms with E-state index in [9.17, 15) is 69.3 Å². The molecule has 0 N–H and O–H groups in total. The first-order chi connectivity index (χ1) is 19.1. The summed E-state index contributed by atoms with van der Waals surface area (Å²) in [5.41, 5.74) is 0. The molecule has 0 spiro atoms. The van der Waals surface area contributed by atoms with E-state index in [-0.39, 0.29) is 259 Å². The zero-order chi connectivity index (χ0) is 31.5. The summed E-state index contributed by atoms with van der Waals surface area (Å²) < 4.78 is 0. The molecule has 234 valence electrons. The van der Waals surface area contributed by atoms with Crippen LogP contribution in [0.5, 0.6) is 0 Å². The quantitative estimate of drug-likeness (QED) is 0.0741. The smallest absolute Gasteiger partial charge is 0.549 e. The summed E-state index contributed by atoms with van der Waals surface area (Å²) in [6.45, 7) is -6.42. The molecule has 26 heteroatoms. The van der Waals surface area contributed by atoms with Crippen molar-refractivity contribution in [3.8, 4) is 0 Å². The fraction of sp³-hybridized carbons (Fsp3) is 0.682. The Kier molecular flexibility index (Phi) is 59.3. The van der Waals surface area contributed by atoms with Crippen molar-refractivity contribution in [1.29, 1.82) is 0 Å². The zero-order valence-electron chi connectivity index (χ0n) is 29.1. The molecule has 0 saturated carbocycles. The van der Waals surface area contributed by atoms with Crippen molar-refractivity contribution in [2.24, 2.45) is 0 Å². The predicted molar refractivity (Wildman–Crippen MR) is 117 cm³/mol. The standard InChI is InChI=1S/C22H37N5O14.7Na/c28-16(29)9-23(1-3-24(10-17(30)31)5-7-26(12-19(34)35)13-20(36)37)2-4-25(11-18(32)33)6-8-27(14-21(38)39)15-22(40)41;;;;;;;/h1-15H2,(H,28,29)(H,30,31)(H,32,33)(H,34,35)(H,36,37)(H,38,39)(H,40,41);;;;;;;/q;7*+1/p-7. The third-order valence-electron chi connectivity index (χ3n) is 5.40. The summed E-state index contributed by atoms with van der Waals surface area (Å²) >= 11 is 0. The topological polar surface area (TPSA) is 297 Å². The van der Waals surface area contributed by atoms with Gasteiger partial charge in [0.25, 0.3) is 0 Å². The summed E-state index contributed by atoms with van der Waals surface area (Å²) in [4.78, 5) is 82.5. The minimum Gasteiger partial charge on any atom is -0.549 e. The second kappa shape index (κ2) is 41.3. The van der Waals surface area contributed by atoms with E-state index in [1.807, 2.05) is 0 Å². The molecule has 0 fully saturated rings. The summed E-state index contributed by atoms with van der Waals surface area (Å²) in [7, 11) is 0. The van der Waals surface area contributed by atoms with E-state index >= 15 is 0 Å². The fourth-order valence-corrected chi connectivity index (χ4v) is 3.65. The minimum absolute atomic E-state index is 0. The van der Waals surface area contributed by atoms with Gasteiger partial charge >= 0.3 is 207 Å². The van der Waals surface area contributed by atoms with Crippen molar-refractivity contribution in [3.63, 3.8) is 0 Å². The van der Waals surface area contributed by atoms with Crippen molar-refractivity contribution in [3.05, 3.63) is 0 Å². The number of aliphatic carboxylic acids is 7. The molecule has 0 aliphatic carbocycles. The zero-order valence-corrected chi connectivity index (χ0v) is 43.1. The molecular weight excluding hydrogens is 719 g/mol. The van der Waals surface area contributed by atoms with Crippen LogP contribution >= 0.6 is 0 Å². The van der Waals surface area contributed by atoms with E-state index in [1.54, 1.807) is 0 Å². The maximum Gasteiger partial charge on any atom is 1.00 e. The molecular formula is C22H30N5Na7O14. The number of nitrogens with zero attached hydrogens (tertiary/aromatic N) is 5. The maximum absolute atomic E-state index is 11.2. The number of carbonyl (C=O) groups is 7. The summed E-state index contributed by atoms with van der Waals surface area (Å²) in [6.07, 6.45) is 0. The second-order valence-electron chi connectivity index (χ2n) is 8.85. The molecule has 0 rings (SSSR count). The van der Waals surface area contributed by atoms with Gasteiger partial charge in [0, 0.05) is 98.2 Å². The first kappa shape index (κ1) is 69.0. The van der Waals surface area contributed by atoms with Gasteiger partial charge in [-0.1, -0.05) is 0 Å². The number of carboxylic acid groups (broad SMARTS) is 7. The van der Waals surface area contributed by atoms with Crippen molar-refractivity contribution >= 4 is 41.8 Å². The molecule has 0 heterocycles. The molecule has 0 unspecified atom stereocenters. The Morgan fingerprint density at radius 1 is 0.250 bits per heavy atom. The molecule has 0 aromatic rings. The van der Waals surface area contributed by atoms with Gasteiger partial charge in [0.1, 0.15) is 0 Å². The largest absolute Gasteiger partial charge is 1.00 e. The second-order valence-corrected chi connectivity index (χ2v) is 8.85. The van der Waals surface area contributed by atoms with Gasteiger partial charge in [-0.05, 0) is 0 Å². The Labute approximate surface area is 433 Å². The summed E-state index contributed by atoms with van der Waals surface area (Å²) in [6, 6.07) is 0. The molecule has 19 nitrogen and oxygen atoms in total. The van der Waals surface area contributed by atoms with Gasteiger partial charge in [-0.25, -0.2) is 0 Å². The van der Waals surface area contributed by atoms with Crippen LogP contribution in [0.15, 0.2) is 0 Å². The van der Waals surface area contributed by atoms with E-state index in [0.29, 0.717) is 0 Å². The Hall–Kier alpha value is 3.09. The summed E-state index contributed by atoms with van der Waals surface area (Å²) in [5.74, 6) is -10.9. The van der Waals surface area contributed by atoms with Gasteiger partial charge in [-0.15, -0.1) is 0 Å². The number of carboxylic acids is 7. The average molecular weight is 749 g/mol. The predicted octanol–water partition coefficient (Wildman–Crippen LogP) is -34.2. The number of rotatable bonds is 26. The number of carbonyl (C=O) groups excluding carboxylic acids is 7. The van der Waals surface area contributed by atoms with E-state index in [0.717, 1.165) is 9.80 Å². The molecule has 0 aliphatic heterocycles. The molecule has 0 bridgehead atoms. The van der Waals surface area contributed by atoms with Crippen LogP contribution < -0.4 is 243 Å². The van der Waals surface area contributed by atoms with E-state index in [1.165, 1.54) is 14.7 Å². The van der Waals surface area contributed by atoms with Crippen LogP contribution in [0, 0.1) is 0 Å². The Morgan fingerprint density at radius 3 is 0.479 bits per heavy atom. The first-order valence-electron chi connectivity index (χ1n) is 12.1. The third kappa shape index (κ3) is 43.5. The van der Waals surface area contributed by atoms with Gasteiger partial charge in [0.2, 0.25) is 0 Å². The van der Waals surface area contributed by atoms with E-state index in [4.69, 9.17) is 0 Å². The van der Waals surface area contributed by atoms with E-state index in [2.05, 4.69) is 0 Å². The molecule has 0 aromatic carbocycles. The van der Waals surface area contributed by atoms with Crippen LogP contribution in [0.2, 0.25) is 0 Å². The van der Waals surface area contributed by atoms with Crippen molar-refractivity contribution < 1.29 is 276 Å². The van der Waals surface area contributed by atoms with Crippen LogP contribution in [0.3, 0.4) is 0 Å². The van der Waals surface area contributed by atoms with Gasteiger partial charge in [-0.2, -0.15) is 0 Å². The van der Waals surface area contributed by atoms with Crippen LogP contribution in [0.4, 0.5) is 0 Å². The molecule has 0 aliphatic rings. The molecule has 0 saturated heterocycles. The normalized spacial score (nSPS) is 9.77. The summed E-state index contributed by atoms with van der Waals surface area (Å²) in [5, 5.41) is 77.0. The minimum atomic E-state index is -1.58. The molecule has 0 amide bonds. The first-order valence-corrected chi connectivity index (χ1v) is 12.1. The number of hydrogen-bond acceptors (Lipinski definition) is 19. The maximum atomic E-state index is 11.2. The van der Waals surface area contributed by atoms with Crippen molar-refractivity contribution in [1.82, 2.24) is 24.5 Å². The molecule has 0 aromatic heterocycles. The Morgan fingerprint density at radius 2 is 0.354 bits per heavy atom. The fourth-order valence-electron chi connectivity index (χ4n) is 3.65. The molecule has 0 atom stereocenters. The Balaban J connectivity index is -0.000000381. The van der Waals surface area contributed by atoms with Gasteiger partial charge in [0.15, 0.2) is 0 Å². The van der Waals surface area contributed by atoms with Crippen molar-refractivity contribution in [2.45, 2.75) is 0 Å². The van der Waals surface area contributed by atoms with Crippen LogP contribution in [-0.4, -0.2) is 164 Å².